The zero-order valence-corrected chi connectivity index (χ0v) is 10.4. The van der Waals surface area contributed by atoms with Crippen molar-refractivity contribution in [3.63, 3.8) is 0 Å². The van der Waals surface area contributed by atoms with Gasteiger partial charge in [0.15, 0.2) is 10.8 Å². The third kappa shape index (κ3) is 3.66. The van der Waals surface area contributed by atoms with E-state index in [0.29, 0.717) is 10.8 Å². The van der Waals surface area contributed by atoms with E-state index >= 15 is 0 Å². The molecule has 1 aromatic rings. The monoisotopic (exact) mass is 253 g/mol. The Morgan fingerprint density at radius 2 is 1.88 bits per heavy atom. The normalized spacial score (nSPS) is 17.5. The fraction of sp³-hybridized carbons (Fsp3) is 0.583. The maximum absolute atomic E-state index is 11.9. The van der Waals surface area contributed by atoms with E-state index in [1.54, 1.807) is 12.1 Å². The molecular weight excluding hydrogens is 238 g/mol. The number of rotatable bonds is 2. The van der Waals surface area contributed by atoms with Crippen LogP contribution in [0.15, 0.2) is 12.1 Å². The number of carbonyl (C=O) groups excluding carboxylic acids is 1. The van der Waals surface area contributed by atoms with Crippen molar-refractivity contribution < 1.29 is 4.79 Å². The van der Waals surface area contributed by atoms with Gasteiger partial charge in [0.1, 0.15) is 0 Å². The van der Waals surface area contributed by atoms with Crippen LogP contribution in [0.4, 0.5) is 0 Å². The van der Waals surface area contributed by atoms with Crippen LogP contribution in [-0.4, -0.2) is 22.1 Å². The third-order valence-electron chi connectivity index (χ3n) is 3.06. The Bertz CT molecular complexity index is 372. The van der Waals surface area contributed by atoms with Gasteiger partial charge in [0.25, 0.3) is 5.91 Å². The highest BCUT2D eigenvalue weighted by atomic mass is 35.5. The number of carbonyl (C=O) groups is 1. The zero-order valence-electron chi connectivity index (χ0n) is 9.66. The highest BCUT2D eigenvalue weighted by Crippen LogP contribution is 2.17. The standard InChI is InChI=1S/C12H16ClN3O/c13-11-8-7-10(15-16-11)12(17)14-9-5-3-1-2-4-6-9/h7-9H,1-6H2,(H,14,17). The molecule has 0 radical (unpaired) electrons. The SMILES string of the molecule is O=C(NC1CCCCCC1)c1ccc(Cl)nn1. The molecule has 1 saturated carbocycles. The Morgan fingerprint density at radius 3 is 2.47 bits per heavy atom. The second-order valence-corrected chi connectivity index (χ2v) is 4.79. The first-order valence-electron chi connectivity index (χ1n) is 6.06. The molecule has 0 bridgehead atoms. The summed E-state index contributed by atoms with van der Waals surface area (Å²) in [5.41, 5.74) is 0.332. The van der Waals surface area contributed by atoms with Crippen molar-refractivity contribution in [1.29, 1.82) is 0 Å². The molecule has 1 fully saturated rings. The van der Waals surface area contributed by atoms with Crippen LogP contribution in [0.1, 0.15) is 49.0 Å². The minimum atomic E-state index is -0.152. The van der Waals surface area contributed by atoms with E-state index in [-0.39, 0.29) is 11.9 Å². The van der Waals surface area contributed by atoms with Gasteiger partial charge in [-0.1, -0.05) is 37.3 Å². The fourth-order valence-corrected chi connectivity index (χ4v) is 2.22. The van der Waals surface area contributed by atoms with Crippen molar-refractivity contribution in [3.8, 4) is 0 Å². The number of aromatic nitrogens is 2. The molecule has 1 N–H and O–H groups in total. The molecule has 1 aliphatic carbocycles. The van der Waals surface area contributed by atoms with Crippen LogP contribution in [-0.2, 0) is 0 Å². The second-order valence-electron chi connectivity index (χ2n) is 4.40. The van der Waals surface area contributed by atoms with Gasteiger partial charge in [-0.05, 0) is 25.0 Å². The molecule has 0 spiro atoms. The van der Waals surface area contributed by atoms with Gasteiger partial charge < -0.3 is 5.32 Å². The molecule has 5 heteroatoms. The molecule has 17 heavy (non-hydrogen) atoms. The predicted molar refractivity (Wildman–Crippen MR) is 66.0 cm³/mol. The number of amides is 1. The summed E-state index contributed by atoms with van der Waals surface area (Å²) in [7, 11) is 0. The Labute approximate surface area is 106 Å². The van der Waals surface area contributed by atoms with E-state index in [1.165, 1.54) is 25.7 Å². The number of hydrogen-bond acceptors (Lipinski definition) is 3. The molecule has 1 amide bonds. The van der Waals surface area contributed by atoms with Crippen LogP contribution in [0.5, 0.6) is 0 Å². The van der Waals surface area contributed by atoms with E-state index in [9.17, 15) is 4.79 Å². The van der Waals surface area contributed by atoms with E-state index in [4.69, 9.17) is 11.6 Å². The number of nitrogens with one attached hydrogen (secondary N) is 1. The lowest BCUT2D eigenvalue weighted by Gasteiger charge is -2.15. The predicted octanol–water partition coefficient (Wildman–Crippen LogP) is 2.58. The van der Waals surface area contributed by atoms with E-state index in [1.807, 2.05) is 0 Å². The third-order valence-corrected chi connectivity index (χ3v) is 3.26. The summed E-state index contributed by atoms with van der Waals surface area (Å²) in [4.78, 5) is 11.9. The van der Waals surface area contributed by atoms with E-state index in [0.717, 1.165) is 12.8 Å². The minimum Gasteiger partial charge on any atom is -0.348 e. The van der Waals surface area contributed by atoms with Gasteiger partial charge in [0, 0.05) is 6.04 Å². The maximum atomic E-state index is 11.9. The Hall–Kier alpha value is -1.16. The van der Waals surface area contributed by atoms with Crippen molar-refractivity contribution in [2.24, 2.45) is 0 Å². The Morgan fingerprint density at radius 1 is 1.18 bits per heavy atom. The minimum absolute atomic E-state index is 0.152. The maximum Gasteiger partial charge on any atom is 0.272 e. The summed E-state index contributed by atoms with van der Waals surface area (Å²) >= 11 is 5.62. The van der Waals surface area contributed by atoms with Crippen molar-refractivity contribution in [3.05, 3.63) is 23.0 Å². The molecule has 4 nitrogen and oxygen atoms in total. The second kappa shape index (κ2) is 5.96. The van der Waals surface area contributed by atoms with Crippen LogP contribution in [0.25, 0.3) is 0 Å². The highest BCUT2D eigenvalue weighted by Gasteiger charge is 2.16. The quantitative estimate of drug-likeness (QED) is 0.825. The summed E-state index contributed by atoms with van der Waals surface area (Å²) in [6.07, 6.45) is 7.05. The molecule has 1 aliphatic rings. The topological polar surface area (TPSA) is 54.9 Å². The molecule has 0 aromatic carbocycles. The van der Waals surface area contributed by atoms with Crippen LogP contribution in [0.2, 0.25) is 5.15 Å². The van der Waals surface area contributed by atoms with Gasteiger partial charge in [0.2, 0.25) is 0 Å². The van der Waals surface area contributed by atoms with E-state index in [2.05, 4.69) is 15.5 Å². The zero-order chi connectivity index (χ0) is 12.1. The number of halogens is 1. The van der Waals surface area contributed by atoms with Crippen LogP contribution < -0.4 is 5.32 Å². The average molecular weight is 254 g/mol. The lowest BCUT2D eigenvalue weighted by Crippen LogP contribution is -2.34. The van der Waals surface area contributed by atoms with Crippen molar-refractivity contribution in [1.82, 2.24) is 15.5 Å². The van der Waals surface area contributed by atoms with Gasteiger partial charge >= 0.3 is 0 Å². The van der Waals surface area contributed by atoms with Gasteiger partial charge in [-0.25, -0.2) is 0 Å². The average Bonchev–Trinajstić information content (AvgIpc) is 2.58. The molecule has 1 aromatic heterocycles. The molecule has 92 valence electrons. The summed E-state index contributed by atoms with van der Waals surface area (Å²) in [5.74, 6) is -0.152. The Balaban J connectivity index is 1.93. The van der Waals surface area contributed by atoms with Crippen LogP contribution >= 0.6 is 11.6 Å². The molecular formula is C12H16ClN3O. The highest BCUT2D eigenvalue weighted by molar-refractivity contribution is 6.29. The number of nitrogens with zero attached hydrogens (tertiary/aromatic N) is 2. The fourth-order valence-electron chi connectivity index (χ4n) is 2.12. The first-order valence-corrected chi connectivity index (χ1v) is 6.43. The van der Waals surface area contributed by atoms with Crippen LogP contribution in [0, 0.1) is 0 Å². The van der Waals surface area contributed by atoms with Gasteiger partial charge in [-0.3, -0.25) is 4.79 Å². The van der Waals surface area contributed by atoms with E-state index < -0.39 is 0 Å². The van der Waals surface area contributed by atoms with Gasteiger partial charge in [-0.15, -0.1) is 10.2 Å². The molecule has 0 saturated heterocycles. The largest absolute Gasteiger partial charge is 0.348 e. The number of hydrogen-bond donors (Lipinski definition) is 1. The first kappa shape index (κ1) is 12.3. The van der Waals surface area contributed by atoms with Gasteiger partial charge in [-0.2, -0.15) is 0 Å². The molecule has 0 aliphatic heterocycles. The molecule has 0 unspecified atom stereocenters. The molecule has 2 rings (SSSR count). The lowest BCUT2D eigenvalue weighted by atomic mass is 10.1. The van der Waals surface area contributed by atoms with Crippen molar-refractivity contribution in [2.45, 2.75) is 44.6 Å². The van der Waals surface area contributed by atoms with Crippen molar-refractivity contribution in [2.75, 3.05) is 0 Å². The lowest BCUT2D eigenvalue weighted by molar-refractivity contribution is 0.0927. The van der Waals surface area contributed by atoms with Gasteiger partial charge in [0.05, 0.1) is 0 Å². The summed E-state index contributed by atoms with van der Waals surface area (Å²) in [6.45, 7) is 0. The molecule has 0 atom stereocenters. The van der Waals surface area contributed by atoms with Crippen LogP contribution in [0.3, 0.4) is 0 Å². The summed E-state index contributed by atoms with van der Waals surface area (Å²) < 4.78 is 0. The summed E-state index contributed by atoms with van der Waals surface area (Å²) in [5, 5.41) is 10.8. The van der Waals surface area contributed by atoms with Crippen molar-refractivity contribution >= 4 is 17.5 Å². The summed E-state index contributed by atoms with van der Waals surface area (Å²) in [6, 6.07) is 3.46. The smallest absolute Gasteiger partial charge is 0.272 e. The Kier molecular flexibility index (Phi) is 4.31. The molecule has 1 heterocycles. The first-order chi connectivity index (χ1) is 8.25.